The predicted molar refractivity (Wildman–Crippen MR) is 127 cm³/mol. The van der Waals surface area contributed by atoms with Crippen LogP contribution in [0.3, 0.4) is 0 Å². The molecule has 0 aliphatic carbocycles. The summed E-state index contributed by atoms with van der Waals surface area (Å²) >= 11 is 5.54. The van der Waals surface area contributed by atoms with Gasteiger partial charge < -0.3 is 21.1 Å². The van der Waals surface area contributed by atoms with E-state index in [1.165, 1.54) is 6.20 Å². The molecule has 36 heavy (non-hydrogen) atoms. The van der Waals surface area contributed by atoms with Crippen molar-refractivity contribution in [1.29, 1.82) is 0 Å². The summed E-state index contributed by atoms with van der Waals surface area (Å²) in [6.07, 6.45) is -2.88. The first kappa shape index (κ1) is 24.1. The summed E-state index contributed by atoms with van der Waals surface area (Å²) in [7, 11) is 0. The molecule has 0 spiro atoms. The number of halogens is 5. The highest BCUT2D eigenvalue weighted by atomic mass is 35.5. The van der Waals surface area contributed by atoms with Gasteiger partial charge in [0.1, 0.15) is 16.7 Å². The first-order valence-corrected chi connectivity index (χ1v) is 11.3. The molecule has 1 aliphatic rings. The molecule has 0 amide bonds. The molecule has 4 aromatic rings. The normalized spacial score (nSPS) is 16.6. The Labute approximate surface area is 207 Å². The van der Waals surface area contributed by atoms with Gasteiger partial charge in [0.25, 0.3) is 0 Å². The van der Waals surface area contributed by atoms with Gasteiger partial charge in [-0.1, -0.05) is 41.9 Å². The Morgan fingerprint density at radius 2 is 1.97 bits per heavy atom. The van der Waals surface area contributed by atoms with Crippen molar-refractivity contribution in [3.8, 4) is 11.4 Å². The Bertz CT molecular complexity index is 1430. The summed E-state index contributed by atoms with van der Waals surface area (Å²) in [4.78, 5) is 10.9. The molecule has 1 atom stereocenters. The van der Waals surface area contributed by atoms with E-state index in [0.717, 1.165) is 16.7 Å². The first-order valence-electron chi connectivity index (χ1n) is 11.0. The average Bonchev–Trinajstić information content (AvgIpc) is 3.18. The molecule has 188 valence electrons. The van der Waals surface area contributed by atoms with E-state index in [4.69, 9.17) is 17.3 Å². The number of nitrogens with two attached hydrogens (primary N) is 1. The van der Waals surface area contributed by atoms with E-state index in [1.807, 2.05) is 35.2 Å². The van der Waals surface area contributed by atoms with Crippen molar-refractivity contribution in [1.82, 2.24) is 25.1 Å². The monoisotopic (exact) mass is 521 g/mol. The van der Waals surface area contributed by atoms with Gasteiger partial charge >= 0.3 is 6.18 Å². The number of nitrogens with zero attached hydrogens (tertiary/aromatic N) is 5. The number of nitrogen functional groups attached to an aromatic ring is 1. The van der Waals surface area contributed by atoms with Crippen LogP contribution in [0.5, 0.6) is 5.75 Å². The van der Waals surface area contributed by atoms with Crippen LogP contribution in [-0.4, -0.2) is 50.5 Å². The number of rotatable bonds is 4. The Balaban J connectivity index is 1.56. The number of aromatic hydroxyl groups is 1. The van der Waals surface area contributed by atoms with Crippen molar-refractivity contribution in [2.45, 2.75) is 18.6 Å². The molecule has 13 heteroatoms. The zero-order valence-corrected chi connectivity index (χ0v) is 19.4. The van der Waals surface area contributed by atoms with Crippen molar-refractivity contribution < 1.29 is 22.7 Å². The van der Waals surface area contributed by atoms with Crippen LogP contribution in [0, 0.1) is 5.82 Å². The number of alkyl halides is 3. The highest BCUT2D eigenvalue weighted by molar-refractivity contribution is 6.33. The van der Waals surface area contributed by atoms with Gasteiger partial charge in [-0.25, -0.2) is 19.0 Å². The maximum Gasteiger partial charge on any atom is 0.418 e. The second kappa shape index (κ2) is 9.10. The van der Waals surface area contributed by atoms with Gasteiger partial charge in [-0.2, -0.15) is 13.2 Å². The summed E-state index contributed by atoms with van der Waals surface area (Å²) in [6, 6.07) is 10.4. The van der Waals surface area contributed by atoms with Gasteiger partial charge in [-0.3, -0.25) is 0 Å². The molecule has 5 rings (SSSR count). The Morgan fingerprint density at radius 1 is 1.22 bits per heavy atom. The summed E-state index contributed by atoms with van der Waals surface area (Å²) in [5.41, 5.74) is 5.27. The van der Waals surface area contributed by atoms with Crippen LogP contribution in [0.25, 0.3) is 16.7 Å². The lowest BCUT2D eigenvalue weighted by molar-refractivity contribution is -0.137. The third-order valence-electron chi connectivity index (χ3n) is 6.05. The molecular formula is C23H20ClF4N7O. The van der Waals surface area contributed by atoms with Gasteiger partial charge in [0.15, 0.2) is 17.4 Å². The number of piperazine rings is 1. The van der Waals surface area contributed by atoms with Gasteiger partial charge in [-0.15, -0.1) is 5.10 Å². The van der Waals surface area contributed by atoms with Crippen molar-refractivity contribution in [2.24, 2.45) is 0 Å². The number of phenols is 1. The molecule has 3 heterocycles. The molecule has 4 N–H and O–H groups in total. The number of nitrogens with one attached hydrogen (secondary N) is 1. The van der Waals surface area contributed by atoms with Crippen LogP contribution < -0.4 is 16.0 Å². The number of fused-ring (bicyclic) bond motifs is 1. The van der Waals surface area contributed by atoms with E-state index in [9.17, 15) is 22.7 Å². The van der Waals surface area contributed by atoms with E-state index in [-0.39, 0.29) is 22.9 Å². The first-order chi connectivity index (χ1) is 17.1. The fraction of sp³-hybridized carbons (Fsp3) is 0.261. The molecule has 0 saturated carbocycles. The second-order valence-electron chi connectivity index (χ2n) is 8.36. The van der Waals surface area contributed by atoms with Crippen LogP contribution in [0.2, 0.25) is 5.02 Å². The van der Waals surface area contributed by atoms with Crippen LogP contribution in [0.4, 0.5) is 29.3 Å². The zero-order valence-electron chi connectivity index (χ0n) is 18.6. The summed E-state index contributed by atoms with van der Waals surface area (Å²) in [5.74, 6) is -2.49. The van der Waals surface area contributed by atoms with Gasteiger partial charge in [0.05, 0.1) is 16.8 Å². The maximum atomic E-state index is 14.8. The van der Waals surface area contributed by atoms with Crippen molar-refractivity contribution in [2.75, 3.05) is 30.3 Å². The number of phenolic OH excluding ortho intramolecular Hbond substituents is 1. The minimum absolute atomic E-state index is 0.0369. The lowest BCUT2D eigenvalue weighted by Gasteiger charge is -2.36. The second-order valence-corrected chi connectivity index (χ2v) is 8.74. The largest absolute Gasteiger partial charge is 0.504 e. The molecule has 0 bridgehead atoms. The highest BCUT2D eigenvalue weighted by Crippen LogP contribution is 2.43. The lowest BCUT2D eigenvalue weighted by atomic mass is 10.0. The van der Waals surface area contributed by atoms with Crippen LogP contribution in [0.1, 0.15) is 11.1 Å². The van der Waals surface area contributed by atoms with Gasteiger partial charge in [-0.05, 0) is 18.1 Å². The smallest absolute Gasteiger partial charge is 0.418 e. The Hall–Kier alpha value is -3.64. The third kappa shape index (κ3) is 4.26. The van der Waals surface area contributed by atoms with Crippen molar-refractivity contribution in [3.05, 3.63) is 64.6 Å². The molecule has 1 aliphatic heterocycles. The molecule has 2 aromatic heterocycles. The van der Waals surface area contributed by atoms with Gasteiger partial charge in [0, 0.05) is 25.7 Å². The maximum absolute atomic E-state index is 14.8. The molecule has 1 unspecified atom stereocenters. The molecule has 1 fully saturated rings. The Morgan fingerprint density at radius 3 is 2.69 bits per heavy atom. The fourth-order valence-electron chi connectivity index (χ4n) is 4.30. The summed E-state index contributed by atoms with van der Waals surface area (Å²) < 4.78 is 55.9. The van der Waals surface area contributed by atoms with E-state index in [0.29, 0.717) is 31.6 Å². The molecule has 1 saturated heterocycles. The number of aromatic nitrogens is 4. The van der Waals surface area contributed by atoms with Crippen LogP contribution in [0.15, 0.2) is 42.6 Å². The minimum Gasteiger partial charge on any atom is -0.504 e. The average molecular weight is 522 g/mol. The quantitative estimate of drug-likeness (QED) is 0.349. The summed E-state index contributed by atoms with van der Waals surface area (Å²) in [5, 5.41) is 16.1. The molecule has 8 nitrogen and oxygen atoms in total. The van der Waals surface area contributed by atoms with Crippen molar-refractivity contribution in [3.63, 3.8) is 0 Å². The third-order valence-corrected chi connectivity index (χ3v) is 6.43. The number of benzene rings is 2. The number of anilines is 2. The van der Waals surface area contributed by atoms with Crippen LogP contribution in [-0.2, 0) is 12.6 Å². The SMILES string of the molecule is Nc1nn(-c2cc(C(F)(F)F)c(Cl)c(O)c2F)c2cnc(N3CCNCC3Cc3ccccc3)nc12. The number of hydrogen-bond acceptors (Lipinski definition) is 7. The molecule has 2 aromatic carbocycles. The van der Waals surface area contributed by atoms with Gasteiger partial charge in [0.2, 0.25) is 5.95 Å². The molecular weight excluding hydrogens is 502 g/mol. The highest BCUT2D eigenvalue weighted by Gasteiger charge is 2.37. The topological polar surface area (TPSA) is 105 Å². The van der Waals surface area contributed by atoms with Crippen LogP contribution >= 0.6 is 11.6 Å². The fourth-order valence-corrected chi connectivity index (χ4v) is 4.55. The number of hydrogen-bond donors (Lipinski definition) is 3. The van der Waals surface area contributed by atoms with E-state index >= 15 is 0 Å². The Kier molecular flexibility index (Phi) is 6.08. The van der Waals surface area contributed by atoms with Crippen molar-refractivity contribution >= 4 is 34.4 Å². The van der Waals surface area contributed by atoms with E-state index < -0.39 is 34.0 Å². The molecule has 0 radical (unpaired) electrons. The minimum atomic E-state index is -4.94. The predicted octanol–water partition coefficient (Wildman–Crippen LogP) is 3.94. The van der Waals surface area contributed by atoms with E-state index in [1.54, 1.807) is 0 Å². The summed E-state index contributed by atoms with van der Waals surface area (Å²) in [6.45, 7) is 2.02. The van der Waals surface area contributed by atoms with E-state index in [2.05, 4.69) is 20.4 Å². The zero-order chi connectivity index (χ0) is 25.6. The lowest BCUT2D eigenvalue weighted by Crippen LogP contribution is -2.53. The standard InChI is InChI=1S/C23H20ClF4N7O/c24-17-14(23(26,27)28)9-15(18(25)20(17)36)35-16-11-31-22(32-19(16)21(29)33-35)34-7-6-30-10-13(34)8-12-4-2-1-3-5-12/h1-5,9,11,13,30,36H,6-8,10H2,(H2,29,33).